The van der Waals surface area contributed by atoms with Gasteiger partial charge in [0.05, 0.1) is 0 Å². The first-order valence-electron chi connectivity index (χ1n) is 5.85. The largest absolute Gasteiger partial charge is 0.399 e. The Hall–Kier alpha value is -0.720. The highest BCUT2D eigenvalue weighted by Gasteiger charge is 2.24. The monoisotopic (exact) mass is 193 g/mol. The van der Waals surface area contributed by atoms with Crippen molar-refractivity contribution >= 4 is 0 Å². The molecule has 1 nitrogen and oxygen atoms in total. The molecule has 1 aliphatic carbocycles. The van der Waals surface area contributed by atoms with Gasteiger partial charge >= 0.3 is 0 Å². The van der Waals surface area contributed by atoms with E-state index in [1.54, 1.807) is 0 Å². The van der Waals surface area contributed by atoms with Crippen LogP contribution in [0.4, 0.5) is 0 Å². The normalized spacial score (nSPS) is 27.9. The third-order valence-electron chi connectivity index (χ3n) is 3.53. The lowest BCUT2D eigenvalue weighted by Crippen LogP contribution is -2.22. The first-order valence-corrected chi connectivity index (χ1v) is 5.85. The van der Waals surface area contributed by atoms with Crippen molar-refractivity contribution in [1.29, 1.82) is 0 Å². The van der Waals surface area contributed by atoms with Crippen LogP contribution in [0.2, 0.25) is 0 Å². The van der Waals surface area contributed by atoms with Gasteiger partial charge in [0.25, 0.3) is 0 Å². The van der Waals surface area contributed by atoms with E-state index in [1.165, 1.54) is 17.6 Å². The lowest BCUT2D eigenvalue weighted by molar-refractivity contribution is 0.449. The van der Waals surface area contributed by atoms with Crippen molar-refractivity contribution in [3.63, 3.8) is 0 Å². The summed E-state index contributed by atoms with van der Waals surface area (Å²) in [6.07, 6.45) is 5.78. The van der Waals surface area contributed by atoms with Gasteiger partial charge in [0.15, 0.2) is 0 Å². The number of hydrogen-bond acceptors (Lipinski definition) is 1. The minimum absolute atomic E-state index is 0.639. The Kier molecular flexibility index (Phi) is 3.79. The quantitative estimate of drug-likeness (QED) is 0.728. The van der Waals surface area contributed by atoms with E-state index in [2.05, 4.69) is 33.8 Å². The van der Waals surface area contributed by atoms with Crippen molar-refractivity contribution in [3.05, 3.63) is 22.9 Å². The molecule has 2 atom stereocenters. The Morgan fingerprint density at radius 3 is 2.29 bits per heavy atom. The lowest BCUT2D eigenvalue weighted by atomic mass is 9.77. The number of hydrogen-bond donors (Lipinski definition) is 1. The predicted octanol–water partition coefficient (Wildman–Crippen LogP) is 3.62. The standard InChI is InChI=1S/C13H23N/c1-5-10-8-11(6-2)13(14)12(7-3)9(10)4/h8-10H,5-7,14H2,1-4H3/t9?,10-/m1/s1. The molecule has 0 radical (unpaired) electrons. The molecule has 0 spiro atoms. The molecule has 2 N–H and O–H groups in total. The van der Waals surface area contributed by atoms with Crippen LogP contribution in [0, 0.1) is 11.8 Å². The maximum atomic E-state index is 6.16. The van der Waals surface area contributed by atoms with Crippen LogP contribution in [-0.4, -0.2) is 0 Å². The van der Waals surface area contributed by atoms with Gasteiger partial charge in [-0.2, -0.15) is 0 Å². The van der Waals surface area contributed by atoms with Crippen molar-refractivity contribution in [2.45, 2.75) is 47.0 Å². The summed E-state index contributed by atoms with van der Waals surface area (Å²) < 4.78 is 0. The van der Waals surface area contributed by atoms with E-state index in [0.717, 1.165) is 18.5 Å². The third kappa shape index (κ3) is 1.87. The zero-order valence-corrected chi connectivity index (χ0v) is 9.93. The Balaban J connectivity index is 3.04. The van der Waals surface area contributed by atoms with Gasteiger partial charge in [-0.05, 0) is 42.2 Å². The summed E-state index contributed by atoms with van der Waals surface area (Å²) in [7, 11) is 0. The molecule has 0 fully saturated rings. The van der Waals surface area contributed by atoms with Crippen LogP contribution >= 0.6 is 0 Å². The SMILES string of the molecule is CCC1=C[C@@H](CC)C(C)C(CC)=C1N. The molecule has 80 valence electrons. The van der Waals surface area contributed by atoms with Crippen LogP contribution in [-0.2, 0) is 0 Å². The summed E-state index contributed by atoms with van der Waals surface area (Å²) in [6.45, 7) is 8.97. The smallest absolute Gasteiger partial charge is 0.0338 e. The molecule has 0 saturated heterocycles. The first kappa shape index (κ1) is 11.4. The Labute approximate surface area is 88.1 Å². The molecule has 1 aliphatic rings. The van der Waals surface area contributed by atoms with Gasteiger partial charge in [0, 0.05) is 5.70 Å². The first-order chi connectivity index (χ1) is 6.65. The molecule has 0 amide bonds. The summed E-state index contributed by atoms with van der Waals surface area (Å²) >= 11 is 0. The molecule has 0 aromatic heterocycles. The molecule has 14 heavy (non-hydrogen) atoms. The van der Waals surface area contributed by atoms with Crippen molar-refractivity contribution in [1.82, 2.24) is 0 Å². The number of rotatable bonds is 3. The molecule has 0 aliphatic heterocycles. The number of allylic oxidation sites excluding steroid dienone is 3. The zero-order valence-electron chi connectivity index (χ0n) is 9.93. The molecule has 0 saturated carbocycles. The van der Waals surface area contributed by atoms with Gasteiger partial charge in [-0.25, -0.2) is 0 Å². The van der Waals surface area contributed by atoms with Gasteiger partial charge < -0.3 is 5.73 Å². The van der Waals surface area contributed by atoms with Gasteiger partial charge in [-0.1, -0.05) is 33.8 Å². The van der Waals surface area contributed by atoms with E-state index in [9.17, 15) is 0 Å². The van der Waals surface area contributed by atoms with E-state index in [4.69, 9.17) is 5.73 Å². The Bertz CT molecular complexity index is 260. The van der Waals surface area contributed by atoms with E-state index < -0.39 is 0 Å². The highest BCUT2D eigenvalue weighted by Crippen LogP contribution is 2.35. The van der Waals surface area contributed by atoms with Crippen molar-refractivity contribution in [2.75, 3.05) is 0 Å². The zero-order chi connectivity index (χ0) is 10.7. The van der Waals surface area contributed by atoms with Gasteiger partial charge in [0.1, 0.15) is 0 Å². The minimum Gasteiger partial charge on any atom is -0.399 e. The van der Waals surface area contributed by atoms with Crippen LogP contribution in [0.5, 0.6) is 0 Å². The van der Waals surface area contributed by atoms with E-state index in [1.807, 2.05) is 0 Å². The van der Waals surface area contributed by atoms with Crippen molar-refractivity contribution in [2.24, 2.45) is 17.6 Å². The molecule has 0 bridgehead atoms. The van der Waals surface area contributed by atoms with Gasteiger partial charge in [-0.3, -0.25) is 0 Å². The number of nitrogens with two attached hydrogens (primary N) is 1. The molecule has 1 heteroatoms. The highest BCUT2D eigenvalue weighted by molar-refractivity contribution is 5.38. The van der Waals surface area contributed by atoms with Crippen molar-refractivity contribution in [3.8, 4) is 0 Å². The van der Waals surface area contributed by atoms with Crippen LogP contribution in [0.15, 0.2) is 22.9 Å². The van der Waals surface area contributed by atoms with E-state index in [0.29, 0.717) is 11.8 Å². The Morgan fingerprint density at radius 2 is 1.86 bits per heavy atom. The molecular weight excluding hydrogens is 170 g/mol. The summed E-state index contributed by atoms with van der Waals surface area (Å²) in [6, 6.07) is 0. The molecular formula is C13H23N. The highest BCUT2D eigenvalue weighted by atomic mass is 14.6. The molecule has 0 aromatic carbocycles. The fourth-order valence-corrected chi connectivity index (χ4v) is 2.49. The second kappa shape index (κ2) is 4.68. The van der Waals surface area contributed by atoms with E-state index in [-0.39, 0.29) is 0 Å². The molecule has 0 heterocycles. The average Bonchev–Trinajstić information content (AvgIpc) is 2.19. The van der Waals surface area contributed by atoms with Gasteiger partial charge in [-0.15, -0.1) is 0 Å². The third-order valence-corrected chi connectivity index (χ3v) is 3.53. The van der Waals surface area contributed by atoms with Crippen LogP contribution in [0.3, 0.4) is 0 Å². The summed E-state index contributed by atoms with van der Waals surface area (Å²) in [5.74, 6) is 1.34. The van der Waals surface area contributed by atoms with Crippen LogP contribution in [0.25, 0.3) is 0 Å². The second-order valence-corrected chi connectivity index (χ2v) is 4.20. The molecule has 0 aromatic rings. The van der Waals surface area contributed by atoms with Crippen LogP contribution < -0.4 is 5.73 Å². The van der Waals surface area contributed by atoms with Crippen molar-refractivity contribution < 1.29 is 0 Å². The maximum Gasteiger partial charge on any atom is 0.0338 e. The average molecular weight is 193 g/mol. The summed E-state index contributed by atoms with van der Waals surface area (Å²) in [4.78, 5) is 0. The summed E-state index contributed by atoms with van der Waals surface area (Å²) in [5.41, 5.74) is 10.1. The second-order valence-electron chi connectivity index (χ2n) is 4.20. The summed E-state index contributed by atoms with van der Waals surface area (Å²) in [5, 5.41) is 0. The lowest BCUT2D eigenvalue weighted by Gasteiger charge is -2.30. The Morgan fingerprint density at radius 1 is 1.21 bits per heavy atom. The minimum atomic E-state index is 0.639. The van der Waals surface area contributed by atoms with E-state index >= 15 is 0 Å². The molecule has 1 rings (SSSR count). The molecule has 1 unspecified atom stereocenters. The topological polar surface area (TPSA) is 26.0 Å². The fourth-order valence-electron chi connectivity index (χ4n) is 2.49. The van der Waals surface area contributed by atoms with Gasteiger partial charge in [0.2, 0.25) is 0 Å². The fraction of sp³-hybridized carbons (Fsp3) is 0.692. The predicted molar refractivity (Wildman–Crippen MR) is 62.8 cm³/mol. The van der Waals surface area contributed by atoms with Crippen LogP contribution in [0.1, 0.15) is 47.0 Å². The maximum absolute atomic E-state index is 6.16.